The normalized spacial score (nSPS) is 20.1. The van der Waals surface area contributed by atoms with Crippen LogP contribution in [0.4, 0.5) is 13.2 Å². The first kappa shape index (κ1) is 9.96. The molecule has 0 aliphatic heterocycles. The summed E-state index contributed by atoms with van der Waals surface area (Å²) in [7, 11) is 0. The molecule has 1 aliphatic rings. The van der Waals surface area contributed by atoms with Crippen LogP contribution in [0.15, 0.2) is 11.0 Å². The maximum atomic E-state index is 11.9. The van der Waals surface area contributed by atoms with Crippen LogP contribution in [-0.4, -0.2) is 5.51 Å². The third-order valence-corrected chi connectivity index (χ3v) is 2.61. The second-order valence-corrected chi connectivity index (χ2v) is 4.01. The molecule has 4 heteroatoms. The van der Waals surface area contributed by atoms with Gasteiger partial charge in [0.15, 0.2) is 0 Å². The number of alkyl halides is 3. The lowest BCUT2D eigenvalue weighted by molar-refractivity contribution is -0.0322. The zero-order chi connectivity index (χ0) is 9.03. The minimum atomic E-state index is -4.10. The van der Waals surface area contributed by atoms with E-state index in [-0.39, 0.29) is 11.8 Å². The van der Waals surface area contributed by atoms with Gasteiger partial charge < -0.3 is 0 Å². The SMILES string of the molecule is FC(F)(F)SC1=CCCCCC1. The highest BCUT2D eigenvalue weighted by Crippen LogP contribution is 2.39. The molecule has 0 saturated heterocycles. The Morgan fingerprint density at radius 2 is 1.92 bits per heavy atom. The van der Waals surface area contributed by atoms with Crippen LogP contribution >= 0.6 is 11.8 Å². The molecule has 0 saturated carbocycles. The van der Waals surface area contributed by atoms with Crippen molar-refractivity contribution in [2.75, 3.05) is 0 Å². The van der Waals surface area contributed by atoms with Crippen molar-refractivity contribution in [3.63, 3.8) is 0 Å². The summed E-state index contributed by atoms with van der Waals surface area (Å²) in [5.74, 6) is 0. The fraction of sp³-hybridized carbons (Fsp3) is 0.750. The minimum Gasteiger partial charge on any atom is -0.160 e. The van der Waals surface area contributed by atoms with Gasteiger partial charge in [0.05, 0.1) is 0 Å². The molecule has 0 fully saturated rings. The van der Waals surface area contributed by atoms with E-state index < -0.39 is 5.51 Å². The van der Waals surface area contributed by atoms with E-state index in [0.29, 0.717) is 11.3 Å². The van der Waals surface area contributed by atoms with E-state index in [9.17, 15) is 13.2 Å². The monoisotopic (exact) mass is 196 g/mol. The van der Waals surface area contributed by atoms with Crippen molar-refractivity contribution in [3.8, 4) is 0 Å². The Bertz CT molecular complexity index is 172. The van der Waals surface area contributed by atoms with E-state index in [0.717, 1.165) is 25.7 Å². The van der Waals surface area contributed by atoms with E-state index in [4.69, 9.17) is 0 Å². The van der Waals surface area contributed by atoms with Gasteiger partial charge in [-0.25, -0.2) is 0 Å². The molecule has 0 amide bonds. The van der Waals surface area contributed by atoms with E-state index in [1.807, 2.05) is 0 Å². The van der Waals surface area contributed by atoms with Crippen LogP contribution in [0.2, 0.25) is 0 Å². The summed E-state index contributed by atoms with van der Waals surface area (Å²) < 4.78 is 35.7. The summed E-state index contributed by atoms with van der Waals surface area (Å²) in [6, 6.07) is 0. The fourth-order valence-electron chi connectivity index (χ4n) is 1.23. The van der Waals surface area contributed by atoms with Gasteiger partial charge in [0.2, 0.25) is 0 Å². The van der Waals surface area contributed by atoms with Crippen molar-refractivity contribution in [1.29, 1.82) is 0 Å². The summed E-state index contributed by atoms with van der Waals surface area (Å²) >= 11 is 0.0521. The van der Waals surface area contributed by atoms with Crippen LogP contribution in [-0.2, 0) is 0 Å². The standard InChI is InChI=1S/C8H11F3S/c9-8(10,11)12-7-5-3-1-2-4-6-7/h5H,1-4,6H2. The number of allylic oxidation sites excluding steroid dienone is 2. The predicted octanol–water partition coefficient (Wildman–Crippen LogP) is 4.09. The second-order valence-electron chi connectivity index (χ2n) is 2.82. The van der Waals surface area contributed by atoms with Gasteiger partial charge in [-0.1, -0.05) is 12.5 Å². The molecule has 0 aromatic carbocycles. The molecule has 0 aromatic heterocycles. The zero-order valence-electron chi connectivity index (χ0n) is 6.66. The van der Waals surface area contributed by atoms with E-state index in [1.165, 1.54) is 0 Å². The Morgan fingerprint density at radius 3 is 2.58 bits per heavy atom. The van der Waals surface area contributed by atoms with Crippen molar-refractivity contribution in [2.45, 2.75) is 37.6 Å². The first-order chi connectivity index (χ1) is 5.58. The van der Waals surface area contributed by atoms with E-state index >= 15 is 0 Å². The first-order valence-electron chi connectivity index (χ1n) is 4.03. The van der Waals surface area contributed by atoms with Crippen LogP contribution in [0.1, 0.15) is 32.1 Å². The zero-order valence-corrected chi connectivity index (χ0v) is 7.47. The number of hydrogen-bond acceptors (Lipinski definition) is 1. The summed E-state index contributed by atoms with van der Waals surface area (Å²) in [5, 5.41) is 0. The van der Waals surface area contributed by atoms with Crippen molar-refractivity contribution >= 4 is 11.8 Å². The number of thioether (sulfide) groups is 1. The lowest BCUT2D eigenvalue weighted by Gasteiger charge is -2.07. The third-order valence-electron chi connectivity index (χ3n) is 1.75. The summed E-state index contributed by atoms with van der Waals surface area (Å²) in [5.41, 5.74) is -4.10. The smallest absolute Gasteiger partial charge is 0.160 e. The van der Waals surface area contributed by atoms with Crippen LogP contribution in [0.5, 0.6) is 0 Å². The number of rotatable bonds is 1. The summed E-state index contributed by atoms with van der Waals surface area (Å²) in [4.78, 5) is 0.500. The summed E-state index contributed by atoms with van der Waals surface area (Å²) in [6.45, 7) is 0. The molecule has 0 heterocycles. The molecule has 0 bridgehead atoms. The third kappa shape index (κ3) is 4.04. The molecule has 1 aliphatic carbocycles. The van der Waals surface area contributed by atoms with Crippen molar-refractivity contribution in [2.24, 2.45) is 0 Å². The minimum absolute atomic E-state index is 0.0521. The second kappa shape index (κ2) is 4.21. The van der Waals surface area contributed by atoms with Crippen molar-refractivity contribution < 1.29 is 13.2 Å². The van der Waals surface area contributed by atoms with Crippen LogP contribution < -0.4 is 0 Å². The highest BCUT2D eigenvalue weighted by molar-refractivity contribution is 8.03. The molecule has 12 heavy (non-hydrogen) atoms. The van der Waals surface area contributed by atoms with Gasteiger partial charge in [0, 0.05) is 0 Å². The Labute approximate surface area is 74.2 Å². The average molecular weight is 196 g/mol. The highest BCUT2D eigenvalue weighted by Gasteiger charge is 2.30. The Kier molecular flexibility index (Phi) is 3.50. The van der Waals surface area contributed by atoms with Gasteiger partial charge in [0.1, 0.15) is 0 Å². The Hall–Kier alpha value is -0.120. The lowest BCUT2D eigenvalue weighted by Crippen LogP contribution is -2.00. The first-order valence-corrected chi connectivity index (χ1v) is 4.84. The van der Waals surface area contributed by atoms with Gasteiger partial charge in [-0.15, -0.1) is 0 Å². The molecule has 0 radical (unpaired) electrons. The highest BCUT2D eigenvalue weighted by atomic mass is 32.2. The van der Waals surface area contributed by atoms with Crippen LogP contribution in [0.3, 0.4) is 0 Å². The van der Waals surface area contributed by atoms with E-state index in [2.05, 4.69) is 0 Å². The average Bonchev–Trinajstić information content (AvgIpc) is 2.12. The maximum absolute atomic E-state index is 11.9. The molecule has 0 nitrogen and oxygen atoms in total. The number of halogens is 3. The molecule has 1 rings (SSSR count). The predicted molar refractivity (Wildman–Crippen MR) is 44.8 cm³/mol. The largest absolute Gasteiger partial charge is 0.446 e. The molecule has 70 valence electrons. The van der Waals surface area contributed by atoms with Gasteiger partial charge in [-0.2, -0.15) is 13.2 Å². The molecule has 0 N–H and O–H groups in total. The molecule has 0 unspecified atom stereocenters. The lowest BCUT2D eigenvalue weighted by atomic mass is 10.2. The Balaban J connectivity index is 2.44. The summed E-state index contributed by atoms with van der Waals surface area (Å²) in [6.07, 6.45) is 6.11. The Morgan fingerprint density at radius 1 is 1.17 bits per heavy atom. The van der Waals surface area contributed by atoms with Gasteiger partial charge in [0.25, 0.3) is 0 Å². The van der Waals surface area contributed by atoms with E-state index in [1.54, 1.807) is 6.08 Å². The van der Waals surface area contributed by atoms with Crippen molar-refractivity contribution in [1.82, 2.24) is 0 Å². The van der Waals surface area contributed by atoms with Crippen LogP contribution in [0, 0.1) is 0 Å². The molecule has 0 aromatic rings. The van der Waals surface area contributed by atoms with Gasteiger partial charge in [-0.05, 0) is 42.4 Å². The molecular formula is C8H11F3S. The van der Waals surface area contributed by atoms with Gasteiger partial charge >= 0.3 is 5.51 Å². The van der Waals surface area contributed by atoms with Gasteiger partial charge in [-0.3, -0.25) is 0 Å². The van der Waals surface area contributed by atoms with Crippen molar-refractivity contribution in [3.05, 3.63) is 11.0 Å². The molecule has 0 spiro atoms. The number of hydrogen-bond donors (Lipinski definition) is 0. The molecule has 0 atom stereocenters. The quantitative estimate of drug-likeness (QED) is 0.608. The topological polar surface area (TPSA) is 0 Å². The molecular weight excluding hydrogens is 185 g/mol. The van der Waals surface area contributed by atoms with Crippen LogP contribution in [0.25, 0.3) is 0 Å². The fourth-order valence-corrected chi connectivity index (χ4v) is 1.97. The maximum Gasteiger partial charge on any atom is 0.446 e.